The van der Waals surface area contributed by atoms with Crippen LogP contribution >= 0.6 is 15.9 Å². The lowest BCUT2D eigenvalue weighted by Gasteiger charge is -2.19. The number of hydrogen-bond acceptors (Lipinski definition) is 3. The summed E-state index contributed by atoms with van der Waals surface area (Å²) in [5.74, 6) is 0.636. The molecule has 0 aliphatic rings. The highest BCUT2D eigenvalue weighted by Gasteiger charge is 2.18. The summed E-state index contributed by atoms with van der Waals surface area (Å²) >= 11 is 3.50. The predicted molar refractivity (Wildman–Crippen MR) is 97.9 cm³/mol. The molecule has 0 saturated heterocycles. The molecule has 0 saturated carbocycles. The van der Waals surface area contributed by atoms with E-state index in [0.717, 1.165) is 21.3 Å². The fraction of sp³-hybridized carbons (Fsp3) is 0.316. The van der Waals surface area contributed by atoms with Gasteiger partial charge in [-0.3, -0.25) is 4.79 Å². The number of nitrogens with one attached hydrogen (secondary N) is 1. The average molecular weight is 392 g/mol. The van der Waals surface area contributed by atoms with Gasteiger partial charge in [-0.05, 0) is 43.2 Å². The largest absolute Gasteiger partial charge is 0.497 e. The summed E-state index contributed by atoms with van der Waals surface area (Å²) in [7, 11) is 1.62. The van der Waals surface area contributed by atoms with Gasteiger partial charge in [-0.25, -0.2) is 0 Å². The zero-order chi connectivity index (χ0) is 17.5. The normalized spacial score (nSPS) is 13.2. The molecule has 2 rings (SSSR count). The number of ether oxygens (including phenoxy) is 2. The van der Waals surface area contributed by atoms with Crippen LogP contribution in [0.2, 0.25) is 0 Å². The number of benzene rings is 2. The fourth-order valence-electron chi connectivity index (χ4n) is 2.29. The topological polar surface area (TPSA) is 47.6 Å². The van der Waals surface area contributed by atoms with E-state index in [2.05, 4.69) is 21.2 Å². The summed E-state index contributed by atoms with van der Waals surface area (Å²) in [4.78, 5) is 12.3. The van der Waals surface area contributed by atoms with E-state index in [1.807, 2.05) is 55.5 Å². The fourth-order valence-corrected chi connectivity index (χ4v) is 2.92. The molecule has 0 spiro atoms. The lowest BCUT2D eigenvalue weighted by Crippen LogP contribution is -2.36. The first kappa shape index (κ1) is 18.5. The van der Waals surface area contributed by atoms with Crippen LogP contribution in [0.25, 0.3) is 0 Å². The van der Waals surface area contributed by atoms with Crippen molar-refractivity contribution in [3.05, 3.63) is 64.1 Å². The molecule has 0 radical (unpaired) electrons. The first-order valence-corrected chi connectivity index (χ1v) is 8.60. The second-order valence-electron chi connectivity index (χ2n) is 5.56. The molecule has 1 N–H and O–H groups in total. The van der Waals surface area contributed by atoms with Crippen molar-refractivity contribution >= 4 is 21.8 Å². The molecule has 2 aromatic carbocycles. The third-order valence-corrected chi connectivity index (χ3v) is 4.46. The standard InChI is InChI=1S/C19H22BrNO3/c1-13(17-9-4-5-10-18(17)20)21-19(22)14(2)24-12-15-7-6-8-16(11-15)23-3/h4-11,13-14H,12H2,1-3H3,(H,21,22). The monoisotopic (exact) mass is 391 g/mol. The van der Waals surface area contributed by atoms with Crippen LogP contribution in [-0.4, -0.2) is 19.1 Å². The molecule has 4 nitrogen and oxygen atoms in total. The molecule has 0 bridgehead atoms. The summed E-state index contributed by atoms with van der Waals surface area (Å²) in [6.07, 6.45) is -0.541. The van der Waals surface area contributed by atoms with E-state index in [9.17, 15) is 4.79 Å². The molecule has 2 aromatic rings. The highest BCUT2D eigenvalue weighted by atomic mass is 79.9. The summed E-state index contributed by atoms with van der Waals surface area (Å²) in [6, 6.07) is 15.3. The van der Waals surface area contributed by atoms with Crippen molar-refractivity contribution in [3.63, 3.8) is 0 Å². The van der Waals surface area contributed by atoms with Crippen molar-refractivity contribution in [2.45, 2.75) is 32.6 Å². The van der Waals surface area contributed by atoms with Crippen molar-refractivity contribution in [3.8, 4) is 5.75 Å². The highest BCUT2D eigenvalue weighted by Crippen LogP contribution is 2.23. The van der Waals surface area contributed by atoms with Crippen molar-refractivity contribution in [2.75, 3.05) is 7.11 Å². The second-order valence-corrected chi connectivity index (χ2v) is 6.41. The average Bonchev–Trinajstić information content (AvgIpc) is 2.60. The van der Waals surface area contributed by atoms with E-state index in [4.69, 9.17) is 9.47 Å². The van der Waals surface area contributed by atoms with Gasteiger partial charge in [0.1, 0.15) is 11.9 Å². The highest BCUT2D eigenvalue weighted by molar-refractivity contribution is 9.10. The van der Waals surface area contributed by atoms with E-state index >= 15 is 0 Å². The Morgan fingerprint density at radius 3 is 2.62 bits per heavy atom. The Labute approximate surface area is 151 Å². The molecule has 5 heteroatoms. The minimum Gasteiger partial charge on any atom is -0.497 e. The number of methoxy groups -OCH3 is 1. The Morgan fingerprint density at radius 1 is 1.17 bits per heavy atom. The van der Waals surface area contributed by atoms with Crippen LogP contribution in [0.5, 0.6) is 5.75 Å². The molecule has 0 fully saturated rings. The number of hydrogen-bond donors (Lipinski definition) is 1. The maximum Gasteiger partial charge on any atom is 0.249 e. The van der Waals surface area contributed by atoms with Crippen molar-refractivity contribution in [2.24, 2.45) is 0 Å². The van der Waals surface area contributed by atoms with E-state index in [-0.39, 0.29) is 11.9 Å². The summed E-state index contributed by atoms with van der Waals surface area (Å²) in [5.41, 5.74) is 2.00. The van der Waals surface area contributed by atoms with Gasteiger partial charge in [0.05, 0.1) is 19.8 Å². The number of rotatable bonds is 7. The molecular weight excluding hydrogens is 370 g/mol. The van der Waals surface area contributed by atoms with Crippen LogP contribution in [0.3, 0.4) is 0 Å². The van der Waals surface area contributed by atoms with E-state index in [0.29, 0.717) is 6.61 Å². The van der Waals surface area contributed by atoms with Gasteiger partial charge in [0, 0.05) is 4.47 Å². The molecule has 0 aliphatic heterocycles. The van der Waals surface area contributed by atoms with Crippen LogP contribution in [0.1, 0.15) is 31.0 Å². The Bertz CT molecular complexity index is 690. The second kappa shape index (κ2) is 8.85. The quantitative estimate of drug-likeness (QED) is 0.767. The number of carbonyl (C=O) groups excluding carboxylic acids is 1. The number of carbonyl (C=O) groups is 1. The molecule has 0 heterocycles. The van der Waals surface area contributed by atoms with Gasteiger partial charge in [-0.1, -0.05) is 46.3 Å². The molecule has 0 aliphatic carbocycles. The Hall–Kier alpha value is -1.85. The van der Waals surface area contributed by atoms with Crippen molar-refractivity contribution in [1.82, 2.24) is 5.32 Å². The lowest BCUT2D eigenvalue weighted by atomic mass is 10.1. The Balaban J connectivity index is 1.89. The van der Waals surface area contributed by atoms with E-state index in [1.54, 1.807) is 14.0 Å². The van der Waals surface area contributed by atoms with Crippen LogP contribution in [-0.2, 0) is 16.1 Å². The molecule has 128 valence electrons. The number of halogens is 1. The SMILES string of the molecule is COc1cccc(COC(C)C(=O)NC(C)c2ccccc2Br)c1. The third-order valence-electron chi connectivity index (χ3n) is 3.73. The van der Waals surface area contributed by atoms with Crippen LogP contribution in [0.4, 0.5) is 0 Å². The van der Waals surface area contributed by atoms with Crippen molar-refractivity contribution in [1.29, 1.82) is 0 Å². The Kier molecular flexibility index (Phi) is 6.82. The van der Waals surface area contributed by atoms with Gasteiger partial charge in [-0.15, -0.1) is 0 Å². The van der Waals surface area contributed by atoms with Gasteiger partial charge in [0.15, 0.2) is 0 Å². The van der Waals surface area contributed by atoms with Gasteiger partial charge in [0.25, 0.3) is 0 Å². The molecule has 0 aromatic heterocycles. The smallest absolute Gasteiger partial charge is 0.249 e. The predicted octanol–water partition coefficient (Wildman–Crippen LogP) is 4.24. The first-order chi connectivity index (χ1) is 11.5. The summed E-state index contributed by atoms with van der Waals surface area (Å²) in [5, 5.41) is 2.98. The van der Waals surface area contributed by atoms with Gasteiger partial charge < -0.3 is 14.8 Å². The zero-order valence-corrected chi connectivity index (χ0v) is 15.7. The summed E-state index contributed by atoms with van der Waals surface area (Å²) < 4.78 is 11.8. The molecule has 1 amide bonds. The molecule has 2 unspecified atom stereocenters. The maximum absolute atomic E-state index is 12.3. The molecule has 2 atom stereocenters. The molecule has 24 heavy (non-hydrogen) atoms. The van der Waals surface area contributed by atoms with Crippen LogP contribution < -0.4 is 10.1 Å². The minimum atomic E-state index is -0.541. The van der Waals surface area contributed by atoms with Crippen LogP contribution in [0, 0.1) is 0 Å². The van der Waals surface area contributed by atoms with Gasteiger partial charge >= 0.3 is 0 Å². The zero-order valence-electron chi connectivity index (χ0n) is 14.1. The van der Waals surface area contributed by atoms with E-state index < -0.39 is 6.10 Å². The van der Waals surface area contributed by atoms with Gasteiger partial charge in [-0.2, -0.15) is 0 Å². The third kappa shape index (κ3) is 5.08. The maximum atomic E-state index is 12.3. The molecular formula is C19H22BrNO3. The van der Waals surface area contributed by atoms with Crippen LogP contribution in [0.15, 0.2) is 53.0 Å². The first-order valence-electron chi connectivity index (χ1n) is 7.80. The Morgan fingerprint density at radius 2 is 1.92 bits per heavy atom. The number of amides is 1. The van der Waals surface area contributed by atoms with E-state index in [1.165, 1.54) is 0 Å². The minimum absolute atomic E-state index is 0.101. The van der Waals surface area contributed by atoms with Gasteiger partial charge in [0.2, 0.25) is 5.91 Å². The lowest BCUT2D eigenvalue weighted by molar-refractivity contribution is -0.133. The summed E-state index contributed by atoms with van der Waals surface area (Å²) in [6.45, 7) is 4.06. The van der Waals surface area contributed by atoms with Crippen molar-refractivity contribution < 1.29 is 14.3 Å².